The number of benzene rings is 2. The second-order valence-corrected chi connectivity index (χ2v) is 8.94. The fourth-order valence-corrected chi connectivity index (χ4v) is 5.25. The Morgan fingerprint density at radius 3 is 2.08 bits per heavy atom. The third kappa shape index (κ3) is 3.36. The highest BCUT2D eigenvalue weighted by atomic mass is 79.9. The molecule has 0 N–H and O–H groups in total. The van der Waals surface area contributed by atoms with Crippen molar-refractivity contribution in [2.75, 3.05) is 31.1 Å². The molecular formula is C18H21BrN2O2S. The standard InChI is InChI=1S/C18H21BrN2O2S/c1-14-5-3-6-15(2)18(14)20-9-11-21(12-10-20)24(22,23)17-8-4-7-16(19)13-17/h3-8,13H,9-12H2,1-2H3. The van der Waals surface area contributed by atoms with Gasteiger partial charge >= 0.3 is 0 Å². The lowest BCUT2D eigenvalue weighted by Gasteiger charge is -2.36. The van der Waals surface area contributed by atoms with E-state index in [4.69, 9.17) is 0 Å². The molecule has 1 aliphatic heterocycles. The second-order valence-electron chi connectivity index (χ2n) is 6.09. The molecule has 2 aromatic carbocycles. The van der Waals surface area contributed by atoms with Crippen molar-refractivity contribution in [3.63, 3.8) is 0 Å². The number of piperazine rings is 1. The summed E-state index contributed by atoms with van der Waals surface area (Å²) in [4.78, 5) is 2.63. The summed E-state index contributed by atoms with van der Waals surface area (Å²) < 4.78 is 28.0. The van der Waals surface area contributed by atoms with E-state index in [9.17, 15) is 8.42 Å². The van der Waals surface area contributed by atoms with Crippen LogP contribution in [0.4, 0.5) is 5.69 Å². The molecule has 1 fully saturated rings. The van der Waals surface area contributed by atoms with Crippen LogP contribution in [0, 0.1) is 13.8 Å². The summed E-state index contributed by atoms with van der Waals surface area (Å²) in [5.74, 6) is 0. The first kappa shape index (κ1) is 17.5. The first-order valence-electron chi connectivity index (χ1n) is 7.96. The van der Waals surface area contributed by atoms with Gasteiger partial charge in [0.1, 0.15) is 0 Å². The Balaban J connectivity index is 1.78. The average Bonchev–Trinajstić information content (AvgIpc) is 2.55. The summed E-state index contributed by atoms with van der Waals surface area (Å²) in [6.45, 7) is 6.63. The van der Waals surface area contributed by atoms with Crippen molar-refractivity contribution in [3.05, 3.63) is 58.1 Å². The molecule has 4 nitrogen and oxygen atoms in total. The molecule has 0 saturated carbocycles. The Labute approximate surface area is 152 Å². The Kier molecular flexibility index (Phi) is 4.99. The van der Waals surface area contributed by atoms with E-state index in [2.05, 4.69) is 52.9 Å². The molecule has 2 aromatic rings. The van der Waals surface area contributed by atoms with E-state index in [-0.39, 0.29) is 0 Å². The summed E-state index contributed by atoms with van der Waals surface area (Å²) >= 11 is 3.34. The number of para-hydroxylation sites is 1. The summed E-state index contributed by atoms with van der Waals surface area (Å²) in [7, 11) is -3.43. The number of anilines is 1. The third-order valence-electron chi connectivity index (χ3n) is 4.43. The van der Waals surface area contributed by atoms with Gasteiger partial charge in [0, 0.05) is 36.3 Å². The summed E-state index contributed by atoms with van der Waals surface area (Å²) in [6, 6.07) is 13.2. The second kappa shape index (κ2) is 6.86. The van der Waals surface area contributed by atoms with Crippen LogP contribution in [0.1, 0.15) is 11.1 Å². The van der Waals surface area contributed by atoms with Crippen LogP contribution in [0.2, 0.25) is 0 Å². The van der Waals surface area contributed by atoms with Crippen LogP contribution in [0.25, 0.3) is 0 Å². The van der Waals surface area contributed by atoms with Crippen LogP contribution in [0.15, 0.2) is 51.8 Å². The van der Waals surface area contributed by atoms with Crippen molar-refractivity contribution < 1.29 is 8.42 Å². The lowest BCUT2D eigenvalue weighted by Crippen LogP contribution is -2.49. The van der Waals surface area contributed by atoms with Crippen molar-refractivity contribution >= 4 is 31.6 Å². The molecule has 0 spiro atoms. The van der Waals surface area contributed by atoms with Crippen LogP contribution < -0.4 is 4.90 Å². The number of nitrogens with zero attached hydrogens (tertiary/aromatic N) is 2. The highest BCUT2D eigenvalue weighted by Crippen LogP contribution is 2.27. The molecule has 1 aliphatic rings. The molecule has 0 bridgehead atoms. The predicted molar refractivity (Wildman–Crippen MR) is 101 cm³/mol. The minimum absolute atomic E-state index is 0.345. The van der Waals surface area contributed by atoms with E-state index in [0.717, 1.165) is 4.47 Å². The fraction of sp³-hybridized carbons (Fsp3) is 0.333. The largest absolute Gasteiger partial charge is 0.368 e. The smallest absolute Gasteiger partial charge is 0.243 e. The maximum absolute atomic E-state index is 12.8. The van der Waals surface area contributed by atoms with Gasteiger partial charge in [0.2, 0.25) is 10.0 Å². The summed E-state index contributed by atoms with van der Waals surface area (Å²) in [6.07, 6.45) is 0. The maximum atomic E-state index is 12.8. The quantitative estimate of drug-likeness (QED) is 0.778. The number of hydrogen-bond donors (Lipinski definition) is 0. The normalized spacial score (nSPS) is 16.4. The zero-order chi connectivity index (χ0) is 17.3. The molecule has 6 heteroatoms. The lowest BCUT2D eigenvalue weighted by molar-refractivity contribution is 0.384. The van der Waals surface area contributed by atoms with Gasteiger partial charge < -0.3 is 4.90 Å². The Morgan fingerprint density at radius 2 is 1.50 bits per heavy atom. The number of aryl methyl sites for hydroxylation is 2. The summed E-state index contributed by atoms with van der Waals surface area (Å²) in [5, 5.41) is 0. The Bertz CT molecular complexity index is 824. The third-order valence-corrected chi connectivity index (χ3v) is 6.82. The molecule has 0 atom stereocenters. The van der Waals surface area contributed by atoms with E-state index in [1.54, 1.807) is 22.5 Å². The molecular weight excluding hydrogens is 388 g/mol. The first-order valence-corrected chi connectivity index (χ1v) is 10.2. The van der Waals surface area contributed by atoms with E-state index >= 15 is 0 Å². The number of sulfonamides is 1. The Morgan fingerprint density at radius 1 is 0.917 bits per heavy atom. The zero-order valence-electron chi connectivity index (χ0n) is 13.9. The van der Waals surface area contributed by atoms with Crippen molar-refractivity contribution in [2.45, 2.75) is 18.7 Å². The molecule has 0 aliphatic carbocycles. The number of halogens is 1. The molecule has 1 saturated heterocycles. The van der Waals surface area contributed by atoms with Crippen LogP contribution in [-0.4, -0.2) is 38.9 Å². The van der Waals surface area contributed by atoms with Gasteiger partial charge in [-0.3, -0.25) is 0 Å². The highest BCUT2D eigenvalue weighted by Gasteiger charge is 2.29. The van der Waals surface area contributed by atoms with Gasteiger partial charge in [-0.2, -0.15) is 4.31 Å². The van der Waals surface area contributed by atoms with Crippen molar-refractivity contribution in [1.82, 2.24) is 4.31 Å². The zero-order valence-corrected chi connectivity index (χ0v) is 16.3. The van der Waals surface area contributed by atoms with Gasteiger partial charge in [-0.15, -0.1) is 0 Å². The number of rotatable bonds is 3. The van der Waals surface area contributed by atoms with Crippen molar-refractivity contribution in [1.29, 1.82) is 0 Å². The average molecular weight is 409 g/mol. The van der Waals surface area contributed by atoms with Crippen LogP contribution >= 0.6 is 15.9 Å². The monoisotopic (exact) mass is 408 g/mol. The first-order chi connectivity index (χ1) is 11.4. The molecule has 0 unspecified atom stereocenters. The molecule has 3 rings (SSSR count). The van der Waals surface area contributed by atoms with Gasteiger partial charge in [-0.1, -0.05) is 40.2 Å². The van der Waals surface area contributed by atoms with Gasteiger partial charge in [-0.25, -0.2) is 8.42 Å². The lowest BCUT2D eigenvalue weighted by atomic mass is 10.1. The van der Waals surface area contributed by atoms with Crippen LogP contribution in [0.3, 0.4) is 0 Å². The summed E-state index contributed by atoms with van der Waals surface area (Å²) in [5.41, 5.74) is 3.70. The van der Waals surface area contributed by atoms with Gasteiger partial charge in [0.25, 0.3) is 0 Å². The predicted octanol–water partition coefficient (Wildman–Crippen LogP) is 3.58. The fourth-order valence-electron chi connectivity index (χ4n) is 3.23. The van der Waals surface area contributed by atoms with E-state index in [0.29, 0.717) is 31.1 Å². The van der Waals surface area contributed by atoms with Crippen LogP contribution in [0.5, 0.6) is 0 Å². The van der Waals surface area contributed by atoms with E-state index < -0.39 is 10.0 Å². The molecule has 128 valence electrons. The highest BCUT2D eigenvalue weighted by molar-refractivity contribution is 9.10. The molecule has 0 amide bonds. The molecule has 1 heterocycles. The minimum atomic E-state index is -3.43. The maximum Gasteiger partial charge on any atom is 0.243 e. The topological polar surface area (TPSA) is 40.6 Å². The minimum Gasteiger partial charge on any atom is -0.368 e. The Hall–Kier alpha value is -1.37. The number of hydrogen-bond acceptors (Lipinski definition) is 3. The molecule has 0 aromatic heterocycles. The van der Waals surface area contributed by atoms with Crippen LogP contribution in [-0.2, 0) is 10.0 Å². The van der Waals surface area contributed by atoms with Gasteiger partial charge in [-0.05, 0) is 43.2 Å². The van der Waals surface area contributed by atoms with Gasteiger partial charge in [0.15, 0.2) is 0 Å². The van der Waals surface area contributed by atoms with Gasteiger partial charge in [0.05, 0.1) is 4.90 Å². The van der Waals surface area contributed by atoms with Crippen molar-refractivity contribution in [3.8, 4) is 0 Å². The van der Waals surface area contributed by atoms with Crippen molar-refractivity contribution in [2.24, 2.45) is 0 Å². The molecule has 24 heavy (non-hydrogen) atoms. The van der Waals surface area contributed by atoms with E-state index in [1.165, 1.54) is 16.8 Å². The SMILES string of the molecule is Cc1cccc(C)c1N1CCN(S(=O)(=O)c2cccc(Br)c2)CC1. The molecule has 0 radical (unpaired) electrons. The van der Waals surface area contributed by atoms with E-state index in [1.807, 2.05) is 6.07 Å².